The van der Waals surface area contributed by atoms with Crippen LogP contribution in [-0.4, -0.2) is 19.6 Å². The highest BCUT2D eigenvalue weighted by Gasteiger charge is 2.03. The monoisotopic (exact) mass is 219 g/mol. The van der Waals surface area contributed by atoms with Crippen LogP contribution in [0.25, 0.3) is 0 Å². The minimum Gasteiger partial charge on any atom is -0.325 e. The number of aromatic nitrogens is 4. The van der Waals surface area contributed by atoms with E-state index in [1.807, 2.05) is 33.9 Å². The molecule has 5 nitrogen and oxygen atoms in total. The maximum Gasteiger partial charge on any atom is 0.0849 e. The molecule has 86 valence electrons. The molecule has 2 aromatic heterocycles. The van der Waals surface area contributed by atoms with Crippen LogP contribution >= 0.6 is 0 Å². The van der Waals surface area contributed by atoms with E-state index >= 15 is 0 Å². The fourth-order valence-corrected chi connectivity index (χ4v) is 1.52. The summed E-state index contributed by atoms with van der Waals surface area (Å²) in [7, 11) is 0. The number of hydrogen-bond acceptors (Lipinski definition) is 3. The van der Waals surface area contributed by atoms with E-state index in [1.165, 1.54) is 0 Å². The zero-order valence-corrected chi connectivity index (χ0v) is 9.67. The Kier molecular flexibility index (Phi) is 3.05. The molecule has 0 radical (unpaired) electrons. The third-order valence-electron chi connectivity index (χ3n) is 2.42. The molecule has 0 atom stereocenters. The Morgan fingerprint density at radius 3 is 2.50 bits per heavy atom. The first-order valence-electron chi connectivity index (χ1n) is 5.45. The van der Waals surface area contributed by atoms with Crippen molar-refractivity contribution < 1.29 is 0 Å². The maximum absolute atomic E-state index is 5.50. The van der Waals surface area contributed by atoms with Gasteiger partial charge in [-0.25, -0.2) is 0 Å². The molecule has 0 amide bonds. The van der Waals surface area contributed by atoms with Crippen LogP contribution in [0.2, 0.25) is 0 Å². The molecule has 2 N–H and O–H groups in total. The van der Waals surface area contributed by atoms with Gasteiger partial charge in [-0.1, -0.05) is 0 Å². The Morgan fingerprint density at radius 1 is 1.19 bits per heavy atom. The lowest BCUT2D eigenvalue weighted by atomic mass is 10.4. The zero-order chi connectivity index (χ0) is 11.5. The molecule has 0 aromatic carbocycles. The second-order valence-corrected chi connectivity index (χ2v) is 4.09. The van der Waals surface area contributed by atoms with Crippen molar-refractivity contribution in [2.75, 3.05) is 0 Å². The second-order valence-electron chi connectivity index (χ2n) is 4.09. The molecule has 0 unspecified atom stereocenters. The minimum absolute atomic E-state index is 0.394. The van der Waals surface area contributed by atoms with Gasteiger partial charge in [-0.05, 0) is 26.0 Å². The van der Waals surface area contributed by atoms with Gasteiger partial charge in [0.15, 0.2) is 0 Å². The molecule has 0 aliphatic carbocycles. The first-order valence-corrected chi connectivity index (χ1v) is 5.45. The van der Waals surface area contributed by atoms with E-state index in [0.29, 0.717) is 19.1 Å². The fraction of sp³-hybridized carbons (Fsp3) is 0.455. The topological polar surface area (TPSA) is 61.7 Å². The quantitative estimate of drug-likeness (QED) is 0.839. The lowest BCUT2D eigenvalue weighted by Crippen LogP contribution is -2.06. The van der Waals surface area contributed by atoms with E-state index in [4.69, 9.17) is 5.73 Å². The predicted octanol–water partition coefficient (Wildman–Crippen LogP) is 1.17. The largest absolute Gasteiger partial charge is 0.325 e. The van der Waals surface area contributed by atoms with Crippen molar-refractivity contribution in [2.45, 2.75) is 33.0 Å². The van der Waals surface area contributed by atoms with Gasteiger partial charge >= 0.3 is 0 Å². The van der Waals surface area contributed by atoms with Crippen LogP contribution in [0.1, 0.15) is 31.3 Å². The van der Waals surface area contributed by atoms with Gasteiger partial charge in [-0.2, -0.15) is 10.2 Å². The predicted molar refractivity (Wildman–Crippen MR) is 61.8 cm³/mol. The van der Waals surface area contributed by atoms with Gasteiger partial charge in [0, 0.05) is 25.0 Å². The Balaban J connectivity index is 2.08. The van der Waals surface area contributed by atoms with Crippen molar-refractivity contribution in [1.82, 2.24) is 19.6 Å². The molecule has 0 aliphatic rings. The average Bonchev–Trinajstić information content (AvgIpc) is 2.87. The molecule has 2 rings (SSSR count). The minimum atomic E-state index is 0.394. The van der Waals surface area contributed by atoms with E-state index < -0.39 is 0 Å². The van der Waals surface area contributed by atoms with Crippen molar-refractivity contribution in [3.63, 3.8) is 0 Å². The molecule has 0 saturated carbocycles. The van der Waals surface area contributed by atoms with Crippen molar-refractivity contribution in [3.8, 4) is 0 Å². The van der Waals surface area contributed by atoms with E-state index in [9.17, 15) is 0 Å². The van der Waals surface area contributed by atoms with Crippen LogP contribution in [0.5, 0.6) is 0 Å². The van der Waals surface area contributed by atoms with Gasteiger partial charge in [-0.3, -0.25) is 9.36 Å². The van der Waals surface area contributed by atoms with Crippen LogP contribution in [0.15, 0.2) is 24.5 Å². The number of nitrogens with two attached hydrogens (primary N) is 1. The highest BCUT2D eigenvalue weighted by atomic mass is 15.3. The normalized spacial score (nSPS) is 11.2. The molecule has 16 heavy (non-hydrogen) atoms. The van der Waals surface area contributed by atoms with Gasteiger partial charge in [0.25, 0.3) is 0 Å². The van der Waals surface area contributed by atoms with Gasteiger partial charge in [-0.15, -0.1) is 0 Å². The summed E-state index contributed by atoms with van der Waals surface area (Å²) in [5, 5.41) is 8.79. The van der Waals surface area contributed by atoms with Crippen LogP contribution in [0, 0.1) is 0 Å². The summed E-state index contributed by atoms with van der Waals surface area (Å²) in [6, 6.07) is 4.34. The van der Waals surface area contributed by atoms with Gasteiger partial charge in [0.2, 0.25) is 0 Å². The lowest BCUT2D eigenvalue weighted by Gasteiger charge is -2.03. The first-order chi connectivity index (χ1) is 7.69. The lowest BCUT2D eigenvalue weighted by molar-refractivity contribution is 0.520. The van der Waals surface area contributed by atoms with Crippen molar-refractivity contribution >= 4 is 0 Å². The smallest absolute Gasteiger partial charge is 0.0849 e. The molecule has 0 bridgehead atoms. The Hall–Kier alpha value is -1.62. The van der Waals surface area contributed by atoms with Crippen LogP contribution in [0.4, 0.5) is 0 Å². The van der Waals surface area contributed by atoms with Gasteiger partial charge in [0.1, 0.15) is 0 Å². The van der Waals surface area contributed by atoms with E-state index in [-0.39, 0.29) is 0 Å². The third kappa shape index (κ3) is 2.30. The standard InChI is InChI=1S/C11H17N5/c1-9(2)16-6-4-11(14-16)8-15-5-3-10(7-12)13-15/h3-6,9H,7-8,12H2,1-2H3. The van der Waals surface area contributed by atoms with E-state index in [1.54, 1.807) is 0 Å². The summed E-state index contributed by atoms with van der Waals surface area (Å²) < 4.78 is 3.80. The van der Waals surface area contributed by atoms with E-state index in [2.05, 4.69) is 24.0 Å². The summed E-state index contributed by atoms with van der Waals surface area (Å²) in [4.78, 5) is 0. The highest BCUT2D eigenvalue weighted by molar-refractivity contribution is 5.03. The third-order valence-corrected chi connectivity index (χ3v) is 2.42. The number of hydrogen-bond donors (Lipinski definition) is 1. The maximum atomic E-state index is 5.50. The van der Waals surface area contributed by atoms with Crippen molar-refractivity contribution in [2.24, 2.45) is 5.73 Å². The van der Waals surface area contributed by atoms with Crippen LogP contribution in [-0.2, 0) is 13.1 Å². The van der Waals surface area contributed by atoms with Crippen LogP contribution in [0.3, 0.4) is 0 Å². The zero-order valence-electron chi connectivity index (χ0n) is 9.67. The summed E-state index contributed by atoms with van der Waals surface area (Å²) in [6.45, 7) is 5.39. The van der Waals surface area contributed by atoms with Crippen molar-refractivity contribution in [3.05, 3.63) is 35.9 Å². The molecule has 2 heterocycles. The molecule has 0 fully saturated rings. The number of rotatable bonds is 4. The average molecular weight is 219 g/mol. The second kappa shape index (κ2) is 4.49. The Bertz CT molecular complexity index is 454. The Morgan fingerprint density at radius 2 is 1.94 bits per heavy atom. The SMILES string of the molecule is CC(C)n1ccc(Cn2ccc(CN)n2)n1. The molecular weight excluding hydrogens is 202 g/mol. The Labute approximate surface area is 94.9 Å². The molecule has 0 spiro atoms. The molecular formula is C11H17N5. The first kappa shape index (κ1) is 10.9. The van der Waals surface area contributed by atoms with Gasteiger partial charge in [0.05, 0.1) is 17.9 Å². The van der Waals surface area contributed by atoms with Gasteiger partial charge < -0.3 is 5.73 Å². The summed E-state index contributed by atoms with van der Waals surface area (Å²) >= 11 is 0. The van der Waals surface area contributed by atoms with Crippen LogP contribution < -0.4 is 5.73 Å². The molecule has 0 aliphatic heterocycles. The van der Waals surface area contributed by atoms with E-state index in [0.717, 1.165) is 11.4 Å². The van der Waals surface area contributed by atoms with Crippen molar-refractivity contribution in [1.29, 1.82) is 0 Å². The molecule has 0 saturated heterocycles. The summed E-state index contributed by atoms with van der Waals surface area (Å²) in [5.74, 6) is 0. The summed E-state index contributed by atoms with van der Waals surface area (Å²) in [6.07, 6.45) is 3.92. The molecule has 2 aromatic rings. The molecule has 5 heteroatoms. The summed E-state index contributed by atoms with van der Waals surface area (Å²) in [5.41, 5.74) is 7.42. The highest BCUT2D eigenvalue weighted by Crippen LogP contribution is 2.05. The fourth-order valence-electron chi connectivity index (χ4n) is 1.52. The number of nitrogens with zero attached hydrogens (tertiary/aromatic N) is 4.